The maximum atomic E-state index is 13.1. The smallest absolute Gasteiger partial charge is 0.340 e. The molecule has 0 bridgehead atoms. The first-order valence-corrected chi connectivity index (χ1v) is 10.4. The van der Waals surface area contributed by atoms with Crippen LogP contribution < -0.4 is 21.5 Å². The second kappa shape index (κ2) is 8.08. The Morgan fingerprint density at radius 1 is 1.10 bits per heavy atom. The number of benzene rings is 1. The van der Waals surface area contributed by atoms with Gasteiger partial charge in [0.05, 0.1) is 6.54 Å². The number of fused-ring (bicyclic) bond motifs is 1. The lowest BCUT2D eigenvalue weighted by molar-refractivity contribution is -0.0328. The van der Waals surface area contributed by atoms with Gasteiger partial charge in [-0.1, -0.05) is 18.2 Å². The van der Waals surface area contributed by atoms with Gasteiger partial charge in [-0.2, -0.15) is 18.2 Å². The first-order valence-electron chi connectivity index (χ1n) is 9.63. The quantitative estimate of drug-likeness (QED) is 0.603. The van der Waals surface area contributed by atoms with Crippen LogP contribution >= 0.6 is 11.8 Å². The van der Waals surface area contributed by atoms with Gasteiger partial charge in [-0.15, -0.1) is 0 Å². The molecule has 1 saturated heterocycles. The number of aromatic nitrogens is 4. The summed E-state index contributed by atoms with van der Waals surface area (Å²) in [6.07, 6.45) is 0. The lowest BCUT2D eigenvalue weighted by Gasteiger charge is -2.29. The second-order valence-corrected chi connectivity index (χ2v) is 8.38. The van der Waals surface area contributed by atoms with Gasteiger partial charge in [0.2, 0.25) is 5.95 Å². The topological polar surface area (TPSA) is 77.1 Å². The zero-order chi connectivity index (χ0) is 22.3. The average Bonchev–Trinajstić information content (AvgIpc) is 3.11. The molecule has 0 unspecified atom stereocenters. The van der Waals surface area contributed by atoms with Crippen molar-refractivity contribution < 1.29 is 13.2 Å². The molecule has 1 aliphatic heterocycles. The fourth-order valence-corrected chi connectivity index (χ4v) is 4.38. The van der Waals surface area contributed by atoms with Crippen LogP contribution in [0.3, 0.4) is 0 Å². The molecule has 0 atom stereocenters. The molecule has 2 aromatic heterocycles. The van der Waals surface area contributed by atoms with Crippen LogP contribution in [0.1, 0.15) is 5.56 Å². The summed E-state index contributed by atoms with van der Waals surface area (Å²) in [7, 11) is 2.90. The van der Waals surface area contributed by atoms with E-state index >= 15 is 0 Å². The molecule has 12 heteroatoms. The maximum Gasteiger partial charge on any atom is 0.446 e. The van der Waals surface area contributed by atoms with Crippen LogP contribution in [0.25, 0.3) is 11.2 Å². The van der Waals surface area contributed by atoms with E-state index in [1.165, 1.54) is 24.7 Å². The Morgan fingerprint density at radius 3 is 2.45 bits per heavy atom. The summed E-state index contributed by atoms with van der Waals surface area (Å²) >= 11 is -0.187. The zero-order valence-electron chi connectivity index (χ0n) is 16.9. The van der Waals surface area contributed by atoms with Gasteiger partial charge in [-0.05, 0) is 23.4 Å². The lowest BCUT2D eigenvalue weighted by atomic mass is 10.2. The van der Waals surface area contributed by atoms with Crippen molar-refractivity contribution in [1.29, 1.82) is 0 Å². The molecule has 0 spiro atoms. The predicted molar refractivity (Wildman–Crippen MR) is 113 cm³/mol. The fourth-order valence-electron chi connectivity index (χ4n) is 3.72. The highest BCUT2D eigenvalue weighted by molar-refractivity contribution is 8.00. The van der Waals surface area contributed by atoms with Crippen LogP contribution in [-0.4, -0.2) is 50.4 Å². The van der Waals surface area contributed by atoms with Gasteiger partial charge in [-0.25, -0.2) is 4.79 Å². The molecule has 31 heavy (non-hydrogen) atoms. The molecule has 8 nitrogen and oxygen atoms in total. The zero-order valence-corrected chi connectivity index (χ0v) is 17.8. The number of anilines is 1. The number of alkyl halides is 3. The molecular weight excluding hydrogens is 433 g/mol. The minimum absolute atomic E-state index is 0.0163. The summed E-state index contributed by atoms with van der Waals surface area (Å²) in [5.74, 6) is 0.460. The molecule has 0 radical (unpaired) electrons. The summed E-state index contributed by atoms with van der Waals surface area (Å²) in [6.45, 7) is 2.68. The molecule has 1 fully saturated rings. The number of nitrogens with one attached hydrogen (secondary N) is 1. The standard InChI is InChI=1S/C19H21F3N6O2S/c1-25-15-14(16(29)26(2)18(25)30)28(17(24-15)27-9-7-23-8-10-27)11-12-5-3-4-6-13(12)31-19(20,21)22/h3-6,23H,7-11H2,1-2H3. The first kappa shape index (κ1) is 21.5. The normalized spacial score (nSPS) is 15.1. The van der Waals surface area contributed by atoms with E-state index in [1.807, 2.05) is 4.90 Å². The predicted octanol–water partition coefficient (Wildman–Crippen LogP) is 1.50. The van der Waals surface area contributed by atoms with E-state index in [2.05, 4.69) is 10.3 Å². The Balaban J connectivity index is 1.93. The highest BCUT2D eigenvalue weighted by atomic mass is 32.2. The van der Waals surface area contributed by atoms with Crippen molar-refractivity contribution in [3.63, 3.8) is 0 Å². The van der Waals surface area contributed by atoms with Crippen LogP contribution in [0.15, 0.2) is 38.8 Å². The number of imidazole rings is 1. The van der Waals surface area contributed by atoms with E-state index in [4.69, 9.17) is 0 Å². The van der Waals surface area contributed by atoms with Crippen LogP contribution in [0.4, 0.5) is 19.1 Å². The molecule has 1 aromatic carbocycles. The fraction of sp³-hybridized carbons (Fsp3) is 0.421. The minimum Gasteiger partial charge on any atom is -0.340 e. The van der Waals surface area contributed by atoms with Gasteiger partial charge in [0.1, 0.15) is 0 Å². The summed E-state index contributed by atoms with van der Waals surface area (Å²) in [6, 6.07) is 6.22. The number of piperazine rings is 1. The van der Waals surface area contributed by atoms with Crippen molar-refractivity contribution in [2.45, 2.75) is 16.9 Å². The number of halogens is 3. The third kappa shape index (κ3) is 4.09. The van der Waals surface area contributed by atoms with E-state index in [0.29, 0.717) is 37.7 Å². The van der Waals surface area contributed by atoms with E-state index in [1.54, 1.807) is 22.8 Å². The third-order valence-corrected chi connectivity index (χ3v) is 6.10. The average molecular weight is 454 g/mol. The van der Waals surface area contributed by atoms with Crippen LogP contribution in [0, 0.1) is 0 Å². The minimum atomic E-state index is -4.44. The first-order chi connectivity index (χ1) is 14.7. The van der Waals surface area contributed by atoms with Crippen molar-refractivity contribution in [2.24, 2.45) is 14.1 Å². The van der Waals surface area contributed by atoms with Gasteiger partial charge in [-0.3, -0.25) is 18.5 Å². The van der Waals surface area contributed by atoms with Crippen molar-refractivity contribution in [2.75, 3.05) is 31.1 Å². The summed E-state index contributed by atoms with van der Waals surface area (Å²) in [5, 5.41) is 3.24. The molecule has 166 valence electrons. The Kier molecular flexibility index (Phi) is 5.60. The van der Waals surface area contributed by atoms with Gasteiger partial charge < -0.3 is 10.2 Å². The van der Waals surface area contributed by atoms with Gasteiger partial charge >= 0.3 is 11.2 Å². The molecule has 0 saturated carbocycles. The number of hydrogen-bond acceptors (Lipinski definition) is 6. The monoisotopic (exact) mass is 454 g/mol. The van der Waals surface area contributed by atoms with Crippen LogP contribution in [0.2, 0.25) is 0 Å². The number of thioether (sulfide) groups is 1. The third-order valence-electron chi connectivity index (χ3n) is 5.25. The maximum absolute atomic E-state index is 13.1. The highest BCUT2D eigenvalue weighted by Crippen LogP contribution is 2.39. The van der Waals surface area contributed by atoms with Gasteiger partial charge in [0, 0.05) is 45.2 Å². The summed E-state index contributed by atoms with van der Waals surface area (Å²) < 4.78 is 43.1. The Bertz CT molecular complexity index is 1240. The van der Waals surface area contributed by atoms with Crippen molar-refractivity contribution in [3.05, 3.63) is 50.7 Å². The Morgan fingerprint density at radius 2 is 1.77 bits per heavy atom. The van der Waals surface area contributed by atoms with Gasteiger partial charge in [0.15, 0.2) is 11.2 Å². The van der Waals surface area contributed by atoms with Crippen LogP contribution in [0.5, 0.6) is 0 Å². The van der Waals surface area contributed by atoms with Gasteiger partial charge in [0.25, 0.3) is 5.56 Å². The SMILES string of the molecule is Cn1c(=O)c2c(nc(N3CCNCC3)n2Cc2ccccc2SC(F)(F)F)n(C)c1=O. The van der Waals surface area contributed by atoms with Crippen molar-refractivity contribution in [1.82, 2.24) is 24.0 Å². The molecule has 3 aromatic rings. The van der Waals surface area contributed by atoms with E-state index < -0.39 is 16.8 Å². The second-order valence-electron chi connectivity index (χ2n) is 7.27. The van der Waals surface area contributed by atoms with Crippen LogP contribution in [-0.2, 0) is 20.6 Å². The van der Waals surface area contributed by atoms with E-state index in [0.717, 1.165) is 4.57 Å². The lowest BCUT2D eigenvalue weighted by Crippen LogP contribution is -2.44. The molecule has 0 aliphatic carbocycles. The molecule has 4 rings (SSSR count). The molecule has 1 aliphatic rings. The van der Waals surface area contributed by atoms with E-state index in [9.17, 15) is 22.8 Å². The number of rotatable bonds is 4. The molecule has 0 amide bonds. The number of nitrogens with zero attached hydrogens (tertiary/aromatic N) is 5. The Hall–Kier alpha value is -2.73. The highest BCUT2D eigenvalue weighted by Gasteiger charge is 2.31. The van der Waals surface area contributed by atoms with Crippen molar-refractivity contribution >= 4 is 28.9 Å². The van der Waals surface area contributed by atoms with Crippen molar-refractivity contribution in [3.8, 4) is 0 Å². The summed E-state index contributed by atoms with van der Waals surface area (Å²) in [4.78, 5) is 32.0. The largest absolute Gasteiger partial charge is 0.446 e. The number of hydrogen-bond donors (Lipinski definition) is 1. The summed E-state index contributed by atoms with van der Waals surface area (Å²) in [5.41, 5.74) is -4.67. The number of aryl methyl sites for hydroxylation is 1. The molecule has 3 heterocycles. The molecule has 1 N–H and O–H groups in total. The van der Waals surface area contributed by atoms with E-state index in [-0.39, 0.29) is 34.4 Å². The molecular formula is C19H21F3N6O2S. The Labute approximate surface area is 179 Å².